The number of benzene rings is 1. The van der Waals surface area contributed by atoms with E-state index in [-0.39, 0.29) is 11.0 Å². The SMILES string of the molecule is COc1ccc(C2NC(=S)NC2=O)c(Cl)c1OC. The van der Waals surface area contributed by atoms with Gasteiger partial charge in [-0.1, -0.05) is 17.7 Å². The summed E-state index contributed by atoms with van der Waals surface area (Å²) in [6, 6.07) is 2.79. The average Bonchev–Trinajstić information content (AvgIpc) is 2.67. The van der Waals surface area contributed by atoms with Crippen LogP contribution in [0.2, 0.25) is 5.02 Å². The second-order valence-electron chi connectivity index (χ2n) is 3.60. The van der Waals surface area contributed by atoms with Crippen LogP contribution in [0.1, 0.15) is 11.6 Å². The molecule has 1 fully saturated rings. The van der Waals surface area contributed by atoms with E-state index >= 15 is 0 Å². The van der Waals surface area contributed by atoms with Gasteiger partial charge in [0.1, 0.15) is 6.04 Å². The summed E-state index contributed by atoms with van der Waals surface area (Å²) in [6.07, 6.45) is 0. The van der Waals surface area contributed by atoms with Gasteiger partial charge in [-0.2, -0.15) is 0 Å². The number of hydrogen-bond donors (Lipinski definition) is 2. The van der Waals surface area contributed by atoms with Crippen molar-refractivity contribution in [1.29, 1.82) is 0 Å². The van der Waals surface area contributed by atoms with Crippen LogP contribution >= 0.6 is 23.8 Å². The number of nitrogens with one attached hydrogen (secondary N) is 2. The Morgan fingerprint density at radius 2 is 2.06 bits per heavy atom. The first kappa shape index (κ1) is 12.9. The predicted molar refractivity (Wildman–Crippen MR) is 71.2 cm³/mol. The van der Waals surface area contributed by atoms with Crippen LogP contribution in [-0.2, 0) is 4.79 Å². The van der Waals surface area contributed by atoms with Crippen LogP contribution in [0.15, 0.2) is 12.1 Å². The molecule has 1 atom stereocenters. The van der Waals surface area contributed by atoms with Gasteiger partial charge in [-0.3, -0.25) is 4.79 Å². The van der Waals surface area contributed by atoms with E-state index < -0.39 is 6.04 Å². The number of methoxy groups -OCH3 is 2. The molecule has 7 heteroatoms. The van der Waals surface area contributed by atoms with Crippen LogP contribution in [0, 0.1) is 0 Å². The van der Waals surface area contributed by atoms with Crippen molar-refractivity contribution >= 4 is 34.8 Å². The zero-order chi connectivity index (χ0) is 13.3. The van der Waals surface area contributed by atoms with Crippen LogP contribution < -0.4 is 20.1 Å². The fourth-order valence-electron chi connectivity index (χ4n) is 1.76. The Hall–Kier alpha value is -1.53. The molecule has 18 heavy (non-hydrogen) atoms. The Morgan fingerprint density at radius 1 is 1.33 bits per heavy atom. The lowest BCUT2D eigenvalue weighted by atomic mass is 10.1. The maximum Gasteiger partial charge on any atom is 0.253 e. The summed E-state index contributed by atoms with van der Waals surface area (Å²) >= 11 is 11.1. The molecule has 1 unspecified atom stereocenters. The summed E-state index contributed by atoms with van der Waals surface area (Å²) in [7, 11) is 3.00. The van der Waals surface area contributed by atoms with Crippen molar-refractivity contribution < 1.29 is 14.3 Å². The van der Waals surface area contributed by atoms with Gasteiger partial charge in [-0.05, 0) is 18.3 Å². The van der Waals surface area contributed by atoms with Crippen molar-refractivity contribution in [3.63, 3.8) is 0 Å². The van der Waals surface area contributed by atoms with E-state index in [1.807, 2.05) is 0 Å². The van der Waals surface area contributed by atoms with Crippen molar-refractivity contribution in [2.75, 3.05) is 14.2 Å². The molecular formula is C11H11ClN2O3S. The maximum atomic E-state index is 11.7. The number of thiocarbonyl (C=S) groups is 1. The van der Waals surface area contributed by atoms with Gasteiger partial charge >= 0.3 is 0 Å². The highest BCUT2D eigenvalue weighted by Crippen LogP contribution is 2.40. The molecule has 2 N–H and O–H groups in total. The Bertz CT molecular complexity index is 521. The highest BCUT2D eigenvalue weighted by molar-refractivity contribution is 7.80. The van der Waals surface area contributed by atoms with Crippen molar-refractivity contribution in [3.8, 4) is 11.5 Å². The molecule has 0 radical (unpaired) electrons. The van der Waals surface area contributed by atoms with Crippen LogP contribution in [0.25, 0.3) is 0 Å². The number of amides is 1. The first-order valence-corrected chi connectivity index (χ1v) is 5.88. The molecule has 1 aromatic carbocycles. The number of carbonyl (C=O) groups is 1. The second kappa shape index (κ2) is 4.99. The van der Waals surface area contributed by atoms with Gasteiger partial charge in [0, 0.05) is 5.56 Å². The molecule has 0 bridgehead atoms. The zero-order valence-electron chi connectivity index (χ0n) is 9.74. The molecule has 1 aliphatic rings. The van der Waals surface area contributed by atoms with E-state index in [0.29, 0.717) is 22.1 Å². The van der Waals surface area contributed by atoms with E-state index in [2.05, 4.69) is 10.6 Å². The minimum absolute atomic E-state index is 0.242. The van der Waals surface area contributed by atoms with E-state index in [0.717, 1.165) is 0 Å². The third kappa shape index (κ3) is 2.09. The highest BCUT2D eigenvalue weighted by atomic mass is 35.5. The summed E-state index contributed by atoms with van der Waals surface area (Å²) in [5.41, 5.74) is 0.590. The molecule has 1 amide bonds. The quantitative estimate of drug-likeness (QED) is 0.823. The molecule has 0 aliphatic carbocycles. The van der Waals surface area contributed by atoms with Gasteiger partial charge < -0.3 is 20.1 Å². The third-order valence-electron chi connectivity index (χ3n) is 2.60. The molecule has 2 rings (SSSR count). The van der Waals surface area contributed by atoms with Crippen molar-refractivity contribution in [1.82, 2.24) is 10.6 Å². The predicted octanol–water partition coefficient (Wildman–Crippen LogP) is 1.40. The normalized spacial score (nSPS) is 18.3. The van der Waals surface area contributed by atoms with E-state index in [9.17, 15) is 4.79 Å². The molecule has 0 spiro atoms. The Kier molecular flexibility index (Phi) is 3.58. The third-order valence-corrected chi connectivity index (χ3v) is 3.21. The summed E-state index contributed by atoms with van der Waals surface area (Å²) in [5.74, 6) is 0.658. The average molecular weight is 287 g/mol. The molecule has 5 nitrogen and oxygen atoms in total. The first-order chi connectivity index (χ1) is 8.58. The summed E-state index contributed by atoms with van der Waals surface area (Å²) in [4.78, 5) is 11.7. The summed E-state index contributed by atoms with van der Waals surface area (Å²) in [5, 5.41) is 5.96. The Morgan fingerprint density at radius 3 is 2.56 bits per heavy atom. The fourth-order valence-corrected chi connectivity index (χ4v) is 2.32. The molecule has 1 heterocycles. The van der Waals surface area contributed by atoms with E-state index in [1.54, 1.807) is 12.1 Å². The van der Waals surface area contributed by atoms with Gasteiger partial charge in [-0.25, -0.2) is 0 Å². The molecule has 0 saturated carbocycles. The minimum Gasteiger partial charge on any atom is -0.493 e. The minimum atomic E-state index is -0.607. The number of halogens is 1. The van der Waals surface area contributed by atoms with Crippen LogP contribution in [0.3, 0.4) is 0 Å². The van der Waals surface area contributed by atoms with Crippen LogP contribution in [0.5, 0.6) is 11.5 Å². The van der Waals surface area contributed by atoms with Gasteiger partial charge in [0.15, 0.2) is 16.6 Å². The van der Waals surface area contributed by atoms with Crippen LogP contribution in [-0.4, -0.2) is 25.2 Å². The monoisotopic (exact) mass is 286 g/mol. The molecule has 1 saturated heterocycles. The lowest BCUT2D eigenvalue weighted by Gasteiger charge is -2.15. The molecule has 96 valence electrons. The topological polar surface area (TPSA) is 59.6 Å². The van der Waals surface area contributed by atoms with Crippen molar-refractivity contribution in [2.24, 2.45) is 0 Å². The summed E-state index contributed by atoms with van der Waals surface area (Å²) in [6.45, 7) is 0. The fraction of sp³-hybridized carbons (Fsp3) is 0.273. The number of ether oxygens (including phenoxy) is 2. The zero-order valence-corrected chi connectivity index (χ0v) is 11.3. The van der Waals surface area contributed by atoms with Crippen molar-refractivity contribution in [2.45, 2.75) is 6.04 Å². The van der Waals surface area contributed by atoms with Gasteiger partial charge in [0.2, 0.25) is 0 Å². The molecule has 1 aliphatic heterocycles. The standard InChI is InChI=1S/C11H11ClN2O3S/c1-16-6-4-3-5(7(12)9(6)17-2)8-10(15)14-11(18)13-8/h3-4,8H,1-2H3,(H2,13,14,15,18). The number of carbonyl (C=O) groups excluding carboxylic acids is 1. The van der Waals surface area contributed by atoms with Gasteiger partial charge in [0.05, 0.1) is 19.2 Å². The Balaban J connectivity index is 2.46. The smallest absolute Gasteiger partial charge is 0.253 e. The molecular weight excluding hydrogens is 276 g/mol. The van der Waals surface area contributed by atoms with Crippen molar-refractivity contribution in [3.05, 3.63) is 22.7 Å². The largest absolute Gasteiger partial charge is 0.493 e. The molecule has 1 aromatic rings. The lowest BCUT2D eigenvalue weighted by Crippen LogP contribution is -2.21. The molecule has 0 aromatic heterocycles. The maximum absolute atomic E-state index is 11.7. The van der Waals surface area contributed by atoms with Gasteiger partial charge in [0.25, 0.3) is 5.91 Å². The second-order valence-corrected chi connectivity index (χ2v) is 4.39. The summed E-state index contributed by atoms with van der Waals surface area (Å²) < 4.78 is 10.3. The lowest BCUT2D eigenvalue weighted by molar-refractivity contribution is -0.120. The number of hydrogen-bond acceptors (Lipinski definition) is 4. The van der Waals surface area contributed by atoms with Gasteiger partial charge in [-0.15, -0.1) is 0 Å². The van der Waals surface area contributed by atoms with Crippen LogP contribution in [0.4, 0.5) is 0 Å². The number of rotatable bonds is 3. The highest BCUT2D eigenvalue weighted by Gasteiger charge is 2.31. The first-order valence-electron chi connectivity index (χ1n) is 5.10. The van der Waals surface area contributed by atoms with E-state index in [4.69, 9.17) is 33.3 Å². The Labute approximate surface area is 114 Å². The van der Waals surface area contributed by atoms with E-state index in [1.165, 1.54) is 14.2 Å².